The number of halogens is 3. The molecular formula is C24H20F3N5O3. The summed E-state index contributed by atoms with van der Waals surface area (Å²) in [5.74, 6) is -0.0240. The maximum Gasteiger partial charge on any atom is 0.416 e. The number of hydrogen-bond acceptors (Lipinski definition) is 8. The highest BCUT2D eigenvalue weighted by atomic mass is 19.4. The molecule has 4 rings (SSSR count). The third kappa shape index (κ3) is 5.13. The van der Waals surface area contributed by atoms with Gasteiger partial charge >= 0.3 is 12.2 Å². The molecule has 2 aromatic heterocycles. The average molecular weight is 483 g/mol. The lowest BCUT2D eigenvalue weighted by Crippen LogP contribution is -2.11. The Hall–Kier alpha value is -4.28. The first-order valence-corrected chi connectivity index (χ1v) is 10.4. The van der Waals surface area contributed by atoms with Gasteiger partial charge < -0.3 is 14.8 Å². The van der Waals surface area contributed by atoms with Crippen LogP contribution in [0.4, 0.5) is 24.7 Å². The van der Waals surface area contributed by atoms with Gasteiger partial charge in [0, 0.05) is 12.1 Å². The minimum atomic E-state index is -4.57. The highest BCUT2D eigenvalue weighted by molar-refractivity contribution is 6.00. The standard InChI is InChI=1S/C24H20F3N5O3/c1-13-4-5-14(9-19(33)16-10-15(24(25,26)27)6-7-20(16)34-2)8-17(13)31-22-21-18(29-12-30-22)11-28-23(32-21)35-3/h4-8,10-12H,9H2,1-3H3,(H,29,30,31). The number of carbonyl (C=O) groups is 1. The molecule has 35 heavy (non-hydrogen) atoms. The van der Waals surface area contributed by atoms with Crippen molar-refractivity contribution in [3.8, 4) is 11.8 Å². The number of methoxy groups -OCH3 is 2. The number of alkyl halides is 3. The van der Waals surface area contributed by atoms with Gasteiger partial charge in [-0.1, -0.05) is 12.1 Å². The van der Waals surface area contributed by atoms with E-state index in [0.717, 1.165) is 23.8 Å². The van der Waals surface area contributed by atoms with Crippen LogP contribution in [0.3, 0.4) is 0 Å². The zero-order chi connectivity index (χ0) is 25.2. The highest BCUT2D eigenvalue weighted by Gasteiger charge is 2.32. The molecule has 0 bridgehead atoms. The van der Waals surface area contributed by atoms with Gasteiger partial charge in [0.05, 0.1) is 31.5 Å². The van der Waals surface area contributed by atoms with Gasteiger partial charge in [-0.25, -0.2) is 15.0 Å². The Morgan fingerprint density at radius 3 is 2.54 bits per heavy atom. The van der Waals surface area contributed by atoms with E-state index in [2.05, 4.69) is 25.3 Å². The SMILES string of the molecule is COc1ncc2ncnc(Nc3cc(CC(=O)c4cc(C(F)(F)F)ccc4OC)ccc3C)c2n1. The molecule has 0 amide bonds. The molecule has 0 saturated heterocycles. The summed E-state index contributed by atoms with van der Waals surface area (Å²) in [4.78, 5) is 29.7. The Labute approximate surface area is 198 Å². The first-order chi connectivity index (χ1) is 16.7. The van der Waals surface area contributed by atoms with Crippen molar-refractivity contribution in [2.75, 3.05) is 19.5 Å². The average Bonchev–Trinajstić information content (AvgIpc) is 2.85. The third-order valence-electron chi connectivity index (χ3n) is 5.28. The molecule has 180 valence electrons. The number of nitrogens with zero attached hydrogens (tertiary/aromatic N) is 4. The summed E-state index contributed by atoms with van der Waals surface area (Å²) >= 11 is 0. The normalized spacial score (nSPS) is 11.4. The summed E-state index contributed by atoms with van der Waals surface area (Å²) in [7, 11) is 2.75. The number of fused-ring (bicyclic) bond motifs is 1. The first-order valence-electron chi connectivity index (χ1n) is 10.4. The summed E-state index contributed by atoms with van der Waals surface area (Å²) in [6.07, 6.45) is -1.83. The van der Waals surface area contributed by atoms with Gasteiger partial charge in [0.15, 0.2) is 11.6 Å². The summed E-state index contributed by atoms with van der Waals surface area (Å²) in [5, 5.41) is 3.19. The number of aromatic nitrogens is 4. The van der Waals surface area contributed by atoms with E-state index >= 15 is 0 Å². The zero-order valence-corrected chi connectivity index (χ0v) is 19.0. The van der Waals surface area contributed by atoms with Crippen LogP contribution in [0.25, 0.3) is 11.0 Å². The molecule has 0 aliphatic rings. The molecule has 2 heterocycles. The van der Waals surface area contributed by atoms with E-state index in [1.807, 2.05) is 6.92 Å². The predicted molar refractivity (Wildman–Crippen MR) is 122 cm³/mol. The van der Waals surface area contributed by atoms with Crippen molar-refractivity contribution in [1.82, 2.24) is 19.9 Å². The molecule has 4 aromatic rings. The number of anilines is 2. The largest absolute Gasteiger partial charge is 0.496 e. The van der Waals surface area contributed by atoms with Crippen LogP contribution in [0.5, 0.6) is 11.8 Å². The van der Waals surface area contributed by atoms with E-state index in [4.69, 9.17) is 9.47 Å². The number of carbonyl (C=O) groups excluding carboxylic acids is 1. The van der Waals surface area contributed by atoms with Gasteiger partial charge in [-0.3, -0.25) is 4.79 Å². The van der Waals surface area contributed by atoms with Crippen molar-refractivity contribution in [1.29, 1.82) is 0 Å². The number of ether oxygens (including phenoxy) is 2. The Bertz CT molecular complexity index is 1410. The Morgan fingerprint density at radius 2 is 1.83 bits per heavy atom. The highest BCUT2D eigenvalue weighted by Crippen LogP contribution is 2.33. The van der Waals surface area contributed by atoms with Gasteiger partial charge in [0.2, 0.25) is 0 Å². The molecule has 11 heteroatoms. The van der Waals surface area contributed by atoms with Crippen LogP contribution in [0.1, 0.15) is 27.0 Å². The van der Waals surface area contributed by atoms with Crippen molar-refractivity contribution in [3.63, 3.8) is 0 Å². The van der Waals surface area contributed by atoms with Crippen LogP contribution in [-0.4, -0.2) is 39.9 Å². The second-order valence-corrected chi connectivity index (χ2v) is 7.60. The van der Waals surface area contributed by atoms with Crippen molar-refractivity contribution in [3.05, 3.63) is 71.2 Å². The monoisotopic (exact) mass is 483 g/mol. The Morgan fingerprint density at radius 1 is 1.03 bits per heavy atom. The summed E-state index contributed by atoms with van der Waals surface area (Å²) in [5.41, 5.74) is 1.98. The second kappa shape index (κ2) is 9.53. The third-order valence-corrected chi connectivity index (χ3v) is 5.28. The number of nitrogens with one attached hydrogen (secondary N) is 1. The van der Waals surface area contributed by atoms with Crippen LogP contribution in [0.2, 0.25) is 0 Å². The smallest absolute Gasteiger partial charge is 0.416 e. The minimum absolute atomic E-state index is 0.0783. The Balaban J connectivity index is 1.64. The molecule has 8 nitrogen and oxygen atoms in total. The molecule has 0 fully saturated rings. The van der Waals surface area contributed by atoms with E-state index in [1.54, 1.807) is 18.2 Å². The van der Waals surface area contributed by atoms with Crippen molar-refractivity contribution in [2.45, 2.75) is 19.5 Å². The fourth-order valence-electron chi connectivity index (χ4n) is 3.45. The number of Topliss-reactive ketones (excluding diaryl/α,β-unsaturated/α-hetero) is 1. The van der Waals surface area contributed by atoms with Crippen LogP contribution < -0.4 is 14.8 Å². The fraction of sp³-hybridized carbons (Fsp3) is 0.208. The van der Waals surface area contributed by atoms with Crippen molar-refractivity contribution < 1.29 is 27.4 Å². The lowest BCUT2D eigenvalue weighted by molar-refractivity contribution is -0.137. The van der Waals surface area contributed by atoms with Crippen LogP contribution >= 0.6 is 0 Å². The Kier molecular flexibility index (Phi) is 6.50. The first kappa shape index (κ1) is 23.9. The minimum Gasteiger partial charge on any atom is -0.496 e. The molecule has 0 aliphatic carbocycles. The molecule has 1 N–H and O–H groups in total. The summed E-state index contributed by atoms with van der Waals surface area (Å²) in [6.45, 7) is 1.86. The quantitative estimate of drug-likeness (QED) is 0.370. The topological polar surface area (TPSA) is 99.1 Å². The summed E-state index contributed by atoms with van der Waals surface area (Å²) < 4.78 is 49.7. The summed E-state index contributed by atoms with van der Waals surface area (Å²) in [6, 6.07) is 8.27. The molecule has 0 aliphatic heterocycles. The van der Waals surface area contributed by atoms with Crippen molar-refractivity contribution in [2.24, 2.45) is 0 Å². The van der Waals surface area contributed by atoms with Crippen LogP contribution in [0.15, 0.2) is 48.9 Å². The van der Waals surface area contributed by atoms with E-state index in [1.165, 1.54) is 26.7 Å². The number of rotatable bonds is 7. The fourth-order valence-corrected chi connectivity index (χ4v) is 3.45. The van der Waals surface area contributed by atoms with Gasteiger partial charge in [-0.05, 0) is 42.3 Å². The van der Waals surface area contributed by atoms with E-state index in [-0.39, 0.29) is 23.7 Å². The molecular weight excluding hydrogens is 463 g/mol. The van der Waals surface area contributed by atoms with Gasteiger partial charge in [0.25, 0.3) is 0 Å². The number of benzene rings is 2. The maximum absolute atomic E-state index is 13.2. The van der Waals surface area contributed by atoms with E-state index < -0.39 is 17.5 Å². The lowest BCUT2D eigenvalue weighted by Gasteiger charge is -2.14. The van der Waals surface area contributed by atoms with Crippen LogP contribution in [0, 0.1) is 6.92 Å². The van der Waals surface area contributed by atoms with Crippen molar-refractivity contribution >= 4 is 28.3 Å². The lowest BCUT2D eigenvalue weighted by atomic mass is 9.98. The van der Waals surface area contributed by atoms with Crippen LogP contribution in [-0.2, 0) is 12.6 Å². The number of aryl methyl sites for hydroxylation is 1. The van der Waals surface area contributed by atoms with Gasteiger partial charge in [-0.15, -0.1) is 0 Å². The molecule has 0 atom stereocenters. The predicted octanol–water partition coefficient (Wildman–Crippen LogP) is 4.93. The maximum atomic E-state index is 13.2. The molecule has 0 radical (unpaired) electrons. The second-order valence-electron chi connectivity index (χ2n) is 7.60. The number of hydrogen-bond donors (Lipinski definition) is 1. The van der Waals surface area contributed by atoms with Gasteiger partial charge in [0.1, 0.15) is 23.1 Å². The molecule has 0 unspecified atom stereocenters. The van der Waals surface area contributed by atoms with E-state index in [9.17, 15) is 18.0 Å². The van der Waals surface area contributed by atoms with Gasteiger partial charge in [-0.2, -0.15) is 18.2 Å². The molecule has 0 spiro atoms. The zero-order valence-electron chi connectivity index (χ0n) is 19.0. The number of ketones is 1. The van der Waals surface area contributed by atoms with E-state index in [0.29, 0.717) is 28.1 Å². The molecule has 2 aromatic carbocycles. The molecule has 0 saturated carbocycles.